The second kappa shape index (κ2) is 7.98. The molecule has 2 atom stereocenters. The van der Waals surface area contributed by atoms with E-state index in [-0.39, 0.29) is 24.4 Å². The van der Waals surface area contributed by atoms with Gasteiger partial charge in [-0.25, -0.2) is 0 Å². The quantitative estimate of drug-likeness (QED) is 0.682. The van der Waals surface area contributed by atoms with Crippen LogP contribution in [0.4, 0.5) is 0 Å². The van der Waals surface area contributed by atoms with Gasteiger partial charge >= 0.3 is 0 Å². The van der Waals surface area contributed by atoms with Crippen molar-refractivity contribution in [2.75, 3.05) is 13.1 Å². The van der Waals surface area contributed by atoms with E-state index >= 15 is 0 Å². The first kappa shape index (κ1) is 19.5. The standard InChI is InChI=1S/C23H23N3O2S2/c24-23(28)18-12-15-4-1-2-5-16(15)13-25(18)14-21(27)26-9-7-19-17(8-11-30-19)22(26)20-6-3-10-29-20/h1-6,8,10-11,18,22H,7,9,12-14H2,(H2,24,28)/t18-,22-/m1/s1. The average molecular weight is 438 g/mol. The highest BCUT2D eigenvalue weighted by Crippen LogP contribution is 2.39. The Hall–Kier alpha value is -2.48. The molecule has 3 aromatic rings. The number of hydrogen-bond acceptors (Lipinski definition) is 5. The number of rotatable bonds is 4. The zero-order valence-electron chi connectivity index (χ0n) is 16.5. The van der Waals surface area contributed by atoms with E-state index in [0.717, 1.165) is 17.5 Å². The number of thiophene rings is 2. The Bertz CT molecular complexity index is 1080. The summed E-state index contributed by atoms with van der Waals surface area (Å²) in [6.07, 6.45) is 1.44. The van der Waals surface area contributed by atoms with E-state index in [4.69, 9.17) is 5.73 Å². The summed E-state index contributed by atoms with van der Waals surface area (Å²) >= 11 is 3.45. The number of carbonyl (C=O) groups excluding carboxylic acids is 2. The second-order valence-electron chi connectivity index (χ2n) is 7.85. The summed E-state index contributed by atoms with van der Waals surface area (Å²) in [5.74, 6) is -0.318. The minimum atomic E-state index is -0.453. The van der Waals surface area contributed by atoms with Crippen molar-refractivity contribution in [1.82, 2.24) is 9.80 Å². The SMILES string of the molecule is NC(=O)[C@H]1Cc2ccccc2CN1CC(=O)N1CCc2sccc2[C@@H]1c1cccs1. The number of carbonyl (C=O) groups is 2. The summed E-state index contributed by atoms with van der Waals surface area (Å²) in [4.78, 5) is 32.2. The molecule has 0 unspecified atom stereocenters. The summed E-state index contributed by atoms with van der Waals surface area (Å²) in [6, 6.07) is 13.9. The summed E-state index contributed by atoms with van der Waals surface area (Å²) < 4.78 is 0. The van der Waals surface area contributed by atoms with Gasteiger partial charge in [0.05, 0.1) is 18.6 Å². The van der Waals surface area contributed by atoms with Crippen molar-refractivity contribution in [1.29, 1.82) is 0 Å². The highest BCUT2D eigenvalue weighted by atomic mass is 32.1. The third-order valence-corrected chi connectivity index (χ3v) is 8.03. The molecule has 5 rings (SSSR count). The summed E-state index contributed by atoms with van der Waals surface area (Å²) in [5.41, 5.74) is 9.26. The molecule has 1 aromatic carbocycles. The smallest absolute Gasteiger partial charge is 0.237 e. The molecule has 0 saturated carbocycles. The molecule has 4 heterocycles. The molecule has 154 valence electrons. The van der Waals surface area contributed by atoms with Crippen LogP contribution in [0.2, 0.25) is 0 Å². The van der Waals surface area contributed by atoms with Crippen molar-refractivity contribution in [2.45, 2.75) is 31.5 Å². The molecule has 30 heavy (non-hydrogen) atoms. The predicted molar refractivity (Wildman–Crippen MR) is 119 cm³/mol. The van der Waals surface area contributed by atoms with E-state index < -0.39 is 6.04 Å². The van der Waals surface area contributed by atoms with Crippen molar-refractivity contribution < 1.29 is 9.59 Å². The molecule has 0 aliphatic carbocycles. The van der Waals surface area contributed by atoms with Gasteiger partial charge < -0.3 is 10.6 Å². The number of nitrogens with two attached hydrogens (primary N) is 1. The van der Waals surface area contributed by atoms with Crippen LogP contribution < -0.4 is 5.73 Å². The molecule has 0 fully saturated rings. The topological polar surface area (TPSA) is 66.6 Å². The number of hydrogen-bond donors (Lipinski definition) is 1. The number of amides is 2. The van der Waals surface area contributed by atoms with Crippen LogP contribution in [0, 0.1) is 0 Å². The molecular formula is C23H23N3O2S2. The summed E-state index contributed by atoms with van der Waals surface area (Å²) in [7, 11) is 0. The van der Waals surface area contributed by atoms with Gasteiger partial charge in [0.25, 0.3) is 0 Å². The van der Waals surface area contributed by atoms with E-state index in [1.54, 1.807) is 22.7 Å². The minimum absolute atomic E-state index is 0.0448. The first-order chi connectivity index (χ1) is 14.6. The molecular weight excluding hydrogens is 414 g/mol. The molecule has 0 bridgehead atoms. The van der Waals surface area contributed by atoms with Crippen LogP contribution in [0.1, 0.15) is 32.5 Å². The molecule has 2 amide bonds. The molecule has 5 nitrogen and oxygen atoms in total. The van der Waals surface area contributed by atoms with Crippen molar-refractivity contribution in [3.63, 3.8) is 0 Å². The Morgan fingerprint density at radius 3 is 2.63 bits per heavy atom. The first-order valence-electron chi connectivity index (χ1n) is 10.1. The van der Waals surface area contributed by atoms with Crippen molar-refractivity contribution in [3.05, 3.63) is 79.7 Å². The van der Waals surface area contributed by atoms with E-state index in [1.807, 2.05) is 34.1 Å². The average Bonchev–Trinajstić information content (AvgIpc) is 3.44. The molecule has 2 aliphatic heterocycles. The summed E-state index contributed by atoms with van der Waals surface area (Å²) in [5, 5.41) is 4.17. The van der Waals surface area contributed by atoms with E-state index in [0.29, 0.717) is 19.5 Å². The lowest BCUT2D eigenvalue weighted by atomic mass is 9.93. The fourth-order valence-electron chi connectivity index (χ4n) is 4.63. The third-order valence-electron chi connectivity index (χ3n) is 6.11. The van der Waals surface area contributed by atoms with Crippen LogP contribution in [-0.2, 0) is 29.0 Å². The van der Waals surface area contributed by atoms with Crippen molar-refractivity contribution in [2.24, 2.45) is 5.73 Å². The molecule has 0 saturated heterocycles. The van der Waals surface area contributed by atoms with E-state index in [9.17, 15) is 9.59 Å². The van der Waals surface area contributed by atoms with Gasteiger partial charge in [-0.2, -0.15) is 0 Å². The van der Waals surface area contributed by atoms with Gasteiger partial charge in [0.15, 0.2) is 0 Å². The normalized spacial score (nSPS) is 21.1. The van der Waals surface area contributed by atoms with Crippen LogP contribution in [0.3, 0.4) is 0 Å². The lowest BCUT2D eigenvalue weighted by Crippen LogP contribution is -2.53. The second-order valence-corrected chi connectivity index (χ2v) is 9.83. The Morgan fingerprint density at radius 2 is 1.87 bits per heavy atom. The minimum Gasteiger partial charge on any atom is -0.368 e. The largest absolute Gasteiger partial charge is 0.368 e. The Balaban J connectivity index is 1.42. The van der Waals surface area contributed by atoms with Gasteiger partial charge in [-0.1, -0.05) is 30.3 Å². The van der Waals surface area contributed by atoms with Crippen LogP contribution in [0.5, 0.6) is 0 Å². The molecule has 7 heteroatoms. The predicted octanol–water partition coefficient (Wildman–Crippen LogP) is 3.20. The lowest BCUT2D eigenvalue weighted by molar-refractivity contribution is -0.136. The molecule has 2 aliphatic rings. The van der Waals surface area contributed by atoms with Crippen LogP contribution in [0.15, 0.2) is 53.2 Å². The van der Waals surface area contributed by atoms with Crippen LogP contribution in [-0.4, -0.2) is 40.7 Å². The third kappa shape index (κ3) is 3.47. The highest BCUT2D eigenvalue weighted by Gasteiger charge is 2.37. The lowest BCUT2D eigenvalue weighted by Gasteiger charge is -2.39. The monoisotopic (exact) mass is 437 g/mol. The zero-order chi connectivity index (χ0) is 20.7. The van der Waals surface area contributed by atoms with Gasteiger partial charge in [-0.05, 0) is 52.4 Å². The molecule has 2 aromatic heterocycles. The molecule has 0 spiro atoms. The van der Waals surface area contributed by atoms with Gasteiger partial charge in [0.1, 0.15) is 0 Å². The fraction of sp³-hybridized carbons (Fsp3) is 0.304. The maximum atomic E-state index is 13.5. The number of primary amides is 1. The van der Waals surface area contributed by atoms with Gasteiger partial charge in [0.2, 0.25) is 11.8 Å². The maximum absolute atomic E-state index is 13.5. The van der Waals surface area contributed by atoms with Crippen LogP contribution >= 0.6 is 22.7 Å². The number of benzene rings is 1. The van der Waals surface area contributed by atoms with E-state index in [2.05, 4.69) is 29.0 Å². The number of fused-ring (bicyclic) bond motifs is 2. The zero-order valence-corrected chi connectivity index (χ0v) is 18.1. The van der Waals surface area contributed by atoms with Crippen molar-refractivity contribution in [3.8, 4) is 0 Å². The fourth-order valence-corrected chi connectivity index (χ4v) is 6.39. The number of nitrogens with zero attached hydrogens (tertiary/aromatic N) is 2. The maximum Gasteiger partial charge on any atom is 0.237 e. The van der Waals surface area contributed by atoms with E-state index in [1.165, 1.54) is 15.3 Å². The molecule has 2 N–H and O–H groups in total. The van der Waals surface area contributed by atoms with Gasteiger partial charge in [-0.3, -0.25) is 14.5 Å². The van der Waals surface area contributed by atoms with Gasteiger partial charge in [0, 0.05) is 22.8 Å². The summed E-state index contributed by atoms with van der Waals surface area (Å²) in [6.45, 7) is 1.46. The highest BCUT2D eigenvalue weighted by molar-refractivity contribution is 7.10. The van der Waals surface area contributed by atoms with Crippen LogP contribution in [0.25, 0.3) is 0 Å². The van der Waals surface area contributed by atoms with Crippen molar-refractivity contribution >= 4 is 34.5 Å². The van der Waals surface area contributed by atoms with Gasteiger partial charge in [-0.15, -0.1) is 22.7 Å². The Kier molecular flexibility index (Phi) is 5.18. The molecule has 0 radical (unpaired) electrons. The first-order valence-corrected chi connectivity index (χ1v) is 11.9. The Morgan fingerprint density at radius 1 is 1.03 bits per heavy atom. The Labute approximate surface area is 183 Å².